The van der Waals surface area contributed by atoms with E-state index < -0.39 is 0 Å². The van der Waals surface area contributed by atoms with E-state index in [1.807, 2.05) is 0 Å². The number of benzene rings is 1. The molecule has 0 spiro atoms. The summed E-state index contributed by atoms with van der Waals surface area (Å²) in [6.45, 7) is 4.19. The van der Waals surface area contributed by atoms with E-state index in [0.717, 1.165) is 29.3 Å². The van der Waals surface area contributed by atoms with Crippen molar-refractivity contribution in [1.29, 1.82) is 0 Å². The minimum atomic E-state index is -0.309. The van der Waals surface area contributed by atoms with Crippen molar-refractivity contribution in [2.24, 2.45) is 0 Å². The monoisotopic (exact) mass is 373 g/mol. The van der Waals surface area contributed by atoms with E-state index in [4.69, 9.17) is 9.72 Å². The number of thiazole rings is 1. The van der Waals surface area contributed by atoms with Gasteiger partial charge in [0.15, 0.2) is 4.96 Å². The molecule has 2 aromatic heterocycles. The molecule has 1 aromatic carbocycles. The number of anilines is 1. The van der Waals surface area contributed by atoms with Crippen LogP contribution in [0.15, 0.2) is 18.2 Å². The summed E-state index contributed by atoms with van der Waals surface area (Å²) in [4.78, 5) is 6.91. The van der Waals surface area contributed by atoms with Crippen molar-refractivity contribution in [3.8, 4) is 17.0 Å². The average molecular weight is 373 g/mol. The standard InChI is InChI=1S/C20H24FN3OS/c1-12-13(2)26-20-23-18(17-15(21)10-7-11-16(17)25-3)19(24(12)20)22-14-8-5-4-6-9-14/h7,10-11,14,22H,4-6,8-9H2,1-3H3. The van der Waals surface area contributed by atoms with Crippen LogP contribution in [0.3, 0.4) is 0 Å². The highest BCUT2D eigenvalue weighted by atomic mass is 32.1. The van der Waals surface area contributed by atoms with Crippen LogP contribution >= 0.6 is 11.3 Å². The van der Waals surface area contributed by atoms with E-state index in [-0.39, 0.29) is 5.82 Å². The molecular formula is C20H24FN3OS. The van der Waals surface area contributed by atoms with Crippen LogP contribution in [0.4, 0.5) is 10.2 Å². The molecule has 3 aromatic rings. The zero-order chi connectivity index (χ0) is 18.3. The maximum Gasteiger partial charge on any atom is 0.196 e. The Bertz CT molecular complexity index is 940. The summed E-state index contributed by atoms with van der Waals surface area (Å²) in [5.74, 6) is 1.09. The molecule has 0 amide bonds. The van der Waals surface area contributed by atoms with Gasteiger partial charge in [0, 0.05) is 16.6 Å². The highest BCUT2D eigenvalue weighted by Crippen LogP contribution is 2.40. The van der Waals surface area contributed by atoms with E-state index in [1.54, 1.807) is 30.6 Å². The summed E-state index contributed by atoms with van der Waals surface area (Å²) in [6.07, 6.45) is 6.05. The molecule has 4 nitrogen and oxygen atoms in total. The maximum absolute atomic E-state index is 14.7. The average Bonchev–Trinajstić information content (AvgIpc) is 3.12. The van der Waals surface area contributed by atoms with E-state index >= 15 is 0 Å². The van der Waals surface area contributed by atoms with Gasteiger partial charge < -0.3 is 10.1 Å². The number of hydrogen-bond acceptors (Lipinski definition) is 4. The molecule has 0 bridgehead atoms. The fraction of sp³-hybridized carbons (Fsp3) is 0.450. The molecular weight excluding hydrogens is 349 g/mol. The van der Waals surface area contributed by atoms with Crippen LogP contribution in [0.2, 0.25) is 0 Å². The summed E-state index contributed by atoms with van der Waals surface area (Å²) in [7, 11) is 1.57. The van der Waals surface area contributed by atoms with Crippen LogP contribution in [0.25, 0.3) is 16.2 Å². The molecule has 1 fully saturated rings. The van der Waals surface area contributed by atoms with Crippen molar-refractivity contribution < 1.29 is 9.13 Å². The zero-order valence-electron chi connectivity index (χ0n) is 15.4. The van der Waals surface area contributed by atoms with Crippen LogP contribution in [0.5, 0.6) is 5.75 Å². The number of aryl methyl sites for hydroxylation is 2. The molecule has 0 atom stereocenters. The lowest BCUT2D eigenvalue weighted by molar-refractivity contribution is 0.413. The first-order chi connectivity index (χ1) is 12.6. The number of methoxy groups -OCH3 is 1. The number of hydrogen-bond donors (Lipinski definition) is 1. The molecule has 1 aliphatic carbocycles. The molecule has 6 heteroatoms. The number of ether oxygens (including phenoxy) is 1. The summed E-state index contributed by atoms with van der Waals surface area (Å²) >= 11 is 1.64. The summed E-state index contributed by atoms with van der Waals surface area (Å²) in [5, 5.41) is 3.69. The fourth-order valence-corrected chi connectivity index (χ4v) is 4.77. The minimum absolute atomic E-state index is 0.309. The molecule has 1 saturated carbocycles. The van der Waals surface area contributed by atoms with Crippen molar-refractivity contribution in [3.05, 3.63) is 34.6 Å². The Balaban J connectivity index is 1.90. The second kappa shape index (κ2) is 6.91. The van der Waals surface area contributed by atoms with Crippen molar-refractivity contribution in [2.75, 3.05) is 12.4 Å². The van der Waals surface area contributed by atoms with Crippen molar-refractivity contribution in [3.63, 3.8) is 0 Å². The lowest BCUT2D eigenvalue weighted by Crippen LogP contribution is -2.23. The van der Waals surface area contributed by atoms with Crippen molar-refractivity contribution in [1.82, 2.24) is 9.38 Å². The maximum atomic E-state index is 14.7. The number of imidazole rings is 1. The van der Waals surface area contributed by atoms with Gasteiger partial charge in [-0.15, -0.1) is 11.3 Å². The van der Waals surface area contributed by atoms with Gasteiger partial charge in [-0.3, -0.25) is 4.40 Å². The molecule has 26 heavy (non-hydrogen) atoms. The zero-order valence-corrected chi connectivity index (χ0v) is 16.3. The highest BCUT2D eigenvalue weighted by molar-refractivity contribution is 7.17. The van der Waals surface area contributed by atoms with Crippen LogP contribution in [-0.2, 0) is 0 Å². The Labute approximate surface area is 157 Å². The Morgan fingerprint density at radius 3 is 2.73 bits per heavy atom. The number of nitrogens with zero attached hydrogens (tertiary/aromatic N) is 2. The van der Waals surface area contributed by atoms with E-state index in [0.29, 0.717) is 23.0 Å². The Kier molecular flexibility index (Phi) is 4.61. The molecule has 0 radical (unpaired) electrons. The van der Waals surface area contributed by atoms with Crippen molar-refractivity contribution >= 4 is 22.1 Å². The van der Waals surface area contributed by atoms with Crippen LogP contribution in [-0.4, -0.2) is 22.5 Å². The Hall–Kier alpha value is -2.08. The predicted octanol–water partition coefficient (Wildman–Crippen LogP) is 5.57. The SMILES string of the molecule is COc1cccc(F)c1-c1nc2sc(C)c(C)n2c1NC1CCCCC1. The van der Waals surface area contributed by atoms with Gasteiger partial charge in [-0.1, -0.05) is 25.3 Å². The third kappa shape index (κ3) is 2.86. The smallest absolute Gasteiger partial charge is 0.196 e. The third-order valence-corrected chi connectivity index (χ3v) is 6.37. The molecule has 1 aliphatic rings. The van der Waals surface area contributed by atoms with Crippen LogP contribution in [0.1, 0.15) is 42.7 Å². The van der Waals surface area contributed by atoms with Gasteiger partial charge in [-0.25, -0.2) is 9.37 Å². The second-order valence-corrected chi connectivity index (χ2v) is 8.15. The van der Waals surface area contributed by atoms with Crippen molar-refractivity contribution in [2.45, 2.75) is 52.0 Å². The molecule has 0 aliphatic heterocycles. The van der Waals surface area contributed by atoms with E-state index in [1.165, 1.54) is 30.2 Å². The normalized spacial score (nSPS) is 15.5. The quantitative estimate of drug-likeness (QED) is 0.649. The Morgan fingerprint density at radius 1 is 1.23 bits per heavy atom. The minimum Gasteiger partial charge on any atom is -0.496 e. The lowest BCUT2D eigenvalue weighted by atomic mass is 9.95. The summed E-state index contributed by atoms with van der Waals surface area (Å²) < 4.78 is 22.3. The lowest BCUT2D eigenvalue weighted by Gasteiger charge is -2.24. The first-order valence-corrected chi connectivity index (χ1v) is 9.99. The fourth-order valence-electron chi connectivity index (χ4n) is 3.80. The highest BCUT2D eigenvalue weighted by Gasteiger charge is 2.25. The van der Waals surface area contributed by atoms with Crippen LogP contribution in [0, 0.1) is 19.7 Å². The topological polar surface area (TPSA) is 38.6 Å². The molecule has 4 rings (SSSR count). The number of fused-ring (bicyclic) bond motifs is 1. The number of halogens is 1. The van der Waals surface area contributed by atoms with Gasteiger partial charge in [-0.2, -0.15) is 0 Å². The third-order valence-electron chi connectivity index (χ3n) is 5.31. The second-order valence-electron chi connectivity index (χ2n) is 6.97. The number of aromatic nitrogens is 2. The first kappa shape index (κ1) is 17.3. The summed E-state index contributed by atoms with van der Waals surface area (Å²) in [6, 6.07) is 5.32. The molecule has 0 saturated heterocycles. The summed E-state index contributed by atoms with van der Waals surface area (Å²) in [5.41, 5.74) is 2.22. The number of nitrogens with one attached hydrogen (secondary N) is 1. The van der Waals surface area contributed by atoms with Gasteiger partial charge in [0.1, 0.15) is 23.1 Å². The largest absolute Gasteiger partial charge is 0.496 e. The van der Waals surface area contributed by atoms with Gasteiger partial charge in [0.05, 0.1) is 12.7 Å². The van der Waals surface area contributed by atoms with Gasteiger partial charge in [0.2, 0.25) is 0 Å². The van der Waals surface area contributed by atoms with Crippen LogP contribution < -0.4 is 10.1 Å². The molecule has 1 N–H and O–H groups in total. The van der Waals surface area contributed by atoms with Gasteiger partial charge >= 0.3 is 0 Å². The Morgan fingerprint density at radius 2 is 2.00 bits per heavy atom. The van der Waals surface area contributed by atoms with E-state index in [9.17, 15) is 4.39 Å². The van der Waals surface area contributed by atoms with Gasteiger partial charge in [0.25, 0.3) is 0 Å². The molecule has 0 unspecified atom stereocenters. The first-order valence-electron chi connectivity index (χ1n) is 9.18. The van der Waals surface area contributed by atoms with Gasteiger partial charge in [-0.05, 0) is 38.8 Å². The molecule has 138 valence electrons. The van der Waals surface area contributed by atoms with E-state index in [2.05, 4.69) is 23.6 Å². The predicted molar refractivity (Wildman–Crippen MR) is 105 cm³/mol. The molecule has 2 heterocycles. The number of rotatable bonds is 4.